The summed E-state index contributed by atoms with van der Waals surface area (Å²) in [7, 11) is -1.55. The van der Waals surface area contributed by atoms with E-state index in [1.54, 1.807) is 6.07 Å². The second kappa shape index (κ2) is 5.66. The first-order valence-corrected chi connectivity index (χ1v) is 6.72. The van der Waals surface area contributed by atoms with Gasteiger partial charge in [0.05, 0.1) is 21.9 Å². The van der Waals surface area contributed by atoms with Crippen molar-refractivity contribution < 1.29 is 24.0 Å². The van der Waals surface area contributed by atoms with Crippen LogP contribution >= 0.6 is 0 Å². The molecule has 0 radical (unpaired) electrons. The maximum absolute atomic E-state index is 12.3. The van der Waals surface area contributed by atoms with Gasteiger partial charge >= 0.3 is 11.9 Å². The van der Waals surface area contributed by atoms with Crippen LogP contribution in [0.4, 0.5) is 0 Å². The third-order valence-electron chi connectivity index (χ3n) is 2.61. The molecule has 0 aliphatic carbocycles. The maximum Gasteiger partial charge on any atom is 0.335 e. The molecule has 102 valence electrons. The topological polar surface area (TPSA) is 91.7 Å². The first-order chi connectivity index (χ1) is 9.49. The number of carbonyl (C=O) groups is 2. The molecular weight excluding hydrogens is 280 g/mol. The smallest absolute Gasteiger partial charge is 0.335 e. The molecule has 0 heterocycles. The molecule has 1 atom stereocenters. The van der Waals surface area contributed by atoms with Gasteiger partial charge in [-0.05, 0) is 42.5 Å². The Balaban J connectivity index is 2.33. The van der Waals surface area contributed by atoms with Crippen molar-refractivity contribution in [1.29, 1.82) is 0 Å². The van der Waals surface area contributed by atoms with E-state index in [-0.39, 0.29) is 11.1 Å². The summed E-state index contributed by atoms with van der Waals surface area (Å²) in [4.78, 5) is 22.4. The summed E-state index contributed by atoms with van der Waals surface area (Å²) in [6.45, 7) is 0. The number of aromatic carboxylic acids is 2. The van der Waals surface area contributed by atoms with Crippen molar-refractivity contribution in [2.45, 2.75) is 9.79 Å². The Kier molecular flexibility index (Phi) is 3.95. The Morgan fingerprint density at radius 1 is 0.800 bits per heavy atom. The molecule has 0 saturated carbocycles. The zero-order valence-corrected chi connectivity index (χ0v) is 11.0. The summed E-state index contributed by atoms with van der Waals surface area (Å²) >= 11 is 0. The van der Waals surface area contributed by atoms with Gasteiger partial charge in [0.2, 0.25) is 0 Å². The van der Waals surface area contributed by atoms with Gasteiger partial charge in [0.25, 0.3) is 0 Å². The lowest BCUT2D eigenvalue weighted by molar-refractivity contribution is 0.0686. The molecule has 2 aromatic rings. The highest BCUT2D eigenvalue weighted by molar-refractivity contribution is 7.85. The van der Waals surface area contributed by atoms with Crippen LogP contribution in [0.5, 0.6) is 0 Å². The Morgan fingerprint density at radius 2 is 1.40 bits per heavy atom. The molecule has 0 spiro atoms. The normalized spacial score (nSPS) is 11.8. The van der Waals surface area contributed by atoms with E-state index in [2.05, 4.69) is 0 Å². The highest BCUT2D eigenvalue weighted by Crippen LogP contribution is 2.18. The van der Waals surface area contributed by atoms with Crippen molar-refractivity contribution in [1.82, 2.24) is 0 Å². The lowest BCUT2D eigenvalue weighted by Crippen LogP contribution is -2.00. The molecule has 0 aliphatic rings. The SMILES string of the molecule is O=C(O)c1ccc(S(=O)c2cccc(C(=O)O)c2)cc1. The van der Waals surface area contributed by atoms with Gasteiger partial charge in [0.15, 0.2) is 0 Å². The fraction of sp³-hybridized carbons (Fsp3) is 0. The highest BCUT2D eigenvalue weighted by Gasteiger charge is 2.11. The minimum absolute atomic E-state index is 0.0537. The van der Waals surface area contributed by atoms with Crippen LogP contribution in [0.25, 0.3) is 0 Å². The molecule has 0 aromatic heterocycles. The molecule has 0 aliphatic heterocycles. The Bertz CT molecular complexity index is 691. The van der Waals surface area contributed by atoms with Crippen molar-refractivity contribution in [3.63, 3.8) is 0 Å². The Morgan fingerprint density at radius 3 is 1.95 bits per heavy atom. The summed E-state index contributed by atoms with van der Waals surface area (Å²) < 4.78 is 12.3. The number of hydrogen-bond acceptors (Lipinski definition) is 3. The zero-order valence-electron chi connectivity index (χ0n) is 10.1. The first kappa shape index (κ1) is 14.0. The molecule has 2 rings (SSSR count). The average molecular weight is 290 g/mol. The van der Waals surface area contributed by atoms with Gasteiger partial charge in [-0.15, -0.1) is 0 Å². The third-order valence-corrected chi connectivity index (χ3v) is 3.99. The summed E-state index contributed by atoms with van der Waals surface area (Å²) in [5.41, 5.74) is 0.156. The summed E-state index contributed by atoms with van der Waals surface area (Å²) in [6.07, 6.45) is 0. The summed E-state index contributed by atoms with van der Waals surface area (Å²) in [6, 6.07) is 11.4. The molecule has 5 nitrogen and oxygen atoms in total. The van der Waals surface area contributed by atoms with Crippen molar-refractivity contribution in [3.8, 4) is 0 Å². The minimum atomic E-state index is -1.55. The fourth-order valence-corrected chi connectivity index (χ4v) is 2.69. The predicted molar refractivity (Wildman–Crippen MR) is 71.5 cm³/mol. The van der Waals surface area contributed by atoms with E-state index >= 15 is 0 Å². The van der Waals surface area contributed by atoms with Gasteiger partial charge in [-0.2, -0.15) is 0 Å². The van der Waals surface area contributed by atoms with Crippen LogP contribution in [0.15, 0.2) is 58.3 Å². The van der Waals surface area contributed by atoms with Crippen molar-refractivity contribution in [3.05, 3.63) is 59.7 Å². The summed E-state index contributed by atoms with van der Waals surface area (Å²) in [5.74, 6) is -2.15. The van der Waals surface area contributed by atoms with Crippen molar-refractivity contribution >= 4 is 22.7 Å². The van der Waals surface area contributed by atoms with Crippen LogP contribution in [0.1, 0.15) is 20.7 Å². The second-order valence-electron chi connectivity index (χ2n) is 3.93. The minimum Gasteiger partial charge on any atom is -0.478 e. The van der Waals surface area contributed by atoms with Crippen LogP contribution in [-0.2, 0) is 10.8 Å². The van der Waals surface area contributed by atoms with Crippen LogP contribution in [0, 0.1) is 0 Å². The molecule has 2 aromatic carbocycles. The van der Waals surface area contributed by atoms with E-state index in [1.807, 2.05) is 0 Å². The van der Waals surface area contributed by atoms with Gasteiger partial charge in [0.1, 0.15) is 0 Å². The Labute approximate surface area is 117 Å². The largest absolute Gasteiger partial charge is 0.478 e. The lowest BCUT2D eigenvalue weighted by atomic mass is 10.2. The molecular formula is C14H10O5S. The van der Waals surface area contributed by atoms with E-state index in [9.17, 15) is 13.8 Å². The number of benzene rings is 2. The molecule has 2 N–H and O–H groups in total. The second-order valence-corrected chi connectivity index (χ2v) is 5.41. The molecule has 0 saturated heterocycles. The highest BCUT2D eigenvalue weighted by atomic mass is 32.2. The van der Waals surface area contributed by atoms with E-state index in [1.165, 1.54) is 42.5 Å². The standard InChI is InChI=1S/C14H10O5S/c15-13(16)9-4-6-11(7-5-9)20(19)12-3-1-2-10(8-12)14(17)18/h1-8H,(H,15,16)(H,17,18). The zero-order chi connectivity index (χ0) is 14.7. The van der Waals surface area contributed by atoms with Gasteiger partial charge < -0.3 is 10.2 Å². The van der Waals surface area contributed by atoms with Crippen LogP contribution in [0.3, 0.4) is 0 Å². The third kappa shape index (κ3) is 2.92. The predicted octanol–water partition coefficient (Wildman–Crippen LogP) is 2.25. The van der Waals surface area contributed by atoms with Crippen LogP contribution in [0.2, 0.25) is 0 Å². The molecule has 0 fully saturated rings. The van der Waals surface area contributed by atoms with E-state index in [0.29, 0.717) is 9.79 Å². The van der Waals surface area contributed by atoms with Crippen LogP contribution < -0.4 is 0 Å². The van der Waals surface area contributed by atoms with E-state index in [0.717, 1.165) is 0 Å². The quantitative estimate of drug-likeness (QED) is 0.901. The monoisotopic (exact) mass is 290 g/mol. The number of hydrogen-bond donors (Lipinski definition) is 2. The van der Waals surface area contributed by atoms with Crippen LogP contribution in [-0.4, -0.2) is 26.4 Å². The van der Waals surface area contributed by atoms with Gasteiger partial charge in [-0.25, -0.2) is 13.8 Å². The number of carboxylic acid groups (broad SMARTS) is 2. The van der Waals surface area contributed by atoms with E-state index in [4.69, 9.17) is 10.2 Å². The molecule has 20 heavy (non-hydrogen) atoms. The molecule has 6 heteroatoms. The molecule has 0 bridgehead atoms. The molecule has 0 amide bonds. The van der Waals surface area contributed by atoms with Gasteiger partial charge in [0, 0.05) is 9.79 Å². The summed E-state index contributed by atoms with van der Waals surface area (Å²) in [5, 5.41) is 17.7. The average Bonchev–Trinajstić information content (AvgIpc) is 2.46. The van der Waals surface area contributed by atoms with Gasteiger partial charge in [-0.3, -0.25) is 0 Å². The first-order valence-electron chi connectivity index (χ1n) is 5.57. The molecule has 1 unspecified atom stereocenters. The fourth-order valence-electron chi connectivity index (χ4n) is 1.60. The van der Waals surface area contributed by atoms with Gasteiger partial charge in [-0.1, -0.05) is 6.07 Å². The van der Waals surface area contributed by atoms with Crippen molar-refractivity contribution in [2.24, 2.45) is 0 Å². The maximum atomic E-state index is 12.3. The lowest BCUT2D eigenvalue weighted by Gasteiger charge is -2.04. The number of carboxylic acids is 2. The van der Waals surface area contributed by atoms with Crippen molar-refractivity contribution in [2.75, 3.05) is 0 Å². The number of rotatable bonds is 4. The Hall–Kier alpha value is -2.47. The van der Waals surface area contributed by atoms with E-state index < -0.39 is 22.7 Å².